The summed E-state index contributed by atoms with van der Waals surface area (Å²) in [6.07, 6.45) is 0.445. The molecular weight excluding hydrogens is 364 g/mol. The van der Waals surface area contributed by atoms with Gasteiger partial charge in [0.05, 0.1) is 18.7 Å². The number of aliphatic hydroxyl groups excluding tert-OH is 1. The first kappa shape index (κ1) is 21.1. The van der Waals surface area contributed by atoms with Crippen LogP contribution in [0.15, 0.2) is 54.6 Å². The summed E-state index contributed by atoms with van der Waals surface area (Å²) in [6.45, 7) is 6.35. The van der Waals surface area contributed by atoms with E-state index in [2.05, 4.69) is 36.4 Å². The number of likely N-dealkylation sites (tertiary alicyclic amines) is 1. The molecule has 0 spiro atoms. The van der Waals surface area contributed by atoms with Gasteiger partial charge in [0.15, 0.2) is 0 Å². The summed E-state index contributed by atoms with van der Waals surface area (Å²) in [4.78, 5) is 28.0. The summed E-state index contributed by atoms with van der Waals surface area (Å²) >= 11 is 0. The van der Waals surface area contributed by atoms with Crippen LogP contribution < -0.4 is 0 Å². The standard InChI is InChI=1S/C24H30N2O3/c1-4-23(29)25(5-2)15-21-24(22(16-27)26(21)17(3)28)20-13-11-19(12-14-20)18-9-7-6-8-10-18/h6-14,21-22,24,27H,4-5,15-16H2,1-3H3/t21-,22+,24-/m0/s1. The molecule has 29 heavy (non-hydrogen) atoms. The second-order valence-corrected chi connectivity index (χ2v) is 7.54. The molecular formula is C24H30N2O3. The molecule has 1 saturated heterocycles. The molecule has 0 saturated carbocycles. The Morgan fingerprint density at radius 2 is 1.59 bits per heavy atom. The van der Waals surface area contributed by atoms with Crippen molar-refractivity contribution in [3.63, 3.8) is 0 Å². The number of hydrogen-bond donors (Lipinski definition) is 1. The van der Waals surface area contributed by atoms with Gasteiger partial charge in [-0.2, -0.15) is 0 Å². The molecule has 2 aromatic carbocycles. The molecule has 2 aromatic rings. The number of amides is 2. The maximum Gasteiger partial charge on any atom is 0.222 e. The molecule has 3 rings (SSSR count). The largest absolute Gasteiger partial charge is 0.394 e. The van der Waals surface area contributed by atoms with E-state index in [1.807, 2.05) is 32.0 Å². The van der Waals surface area contributed by atoms with E-state index in [9.17, 15) is 14.7 Å². The molecule has 5 nitrogen and oxygen atoms in total. The third-order valence-electron chi connectivity index (χ3n) is 5.94. The van der Waals surface area contributed by atoms with Gasteiger partial charge < -0.3 is 14.9 Å². The predicted molar refractivity (Wildman–Crippen MR) is 114 cm³/mol. The molecule has 0 aromatic heterocycles. The highest BCUT2D eigenvalue weighted by Gasteiger charge is 2.50. The van der Waals surface area contributed by atoms with Gasteiger partial charge in [-0.3, -0.25) is 9.59 Å². The predicted octanol–water partition coefficient (Wildman–Crippen LogP) is 3.29. The summed E-state index contributed by atoms with van der Waals surface area (Å²) in [5.74, 6) is 0.0280. The molecule has 0 aliphatic carbocycles. The van der Waals surface area contributed by atoms with E-state index in [0.717, 1.165) is 16.7 Å². The average molecular weight is 395 g/mol. The van der Waals surface area contributed by atoms with Crippen LogP contribution >= 0.6 is 0 Å². The van der Waals surface area contributed by atoms with Crippen LogP contribution in [0.2, 0.25) is 0 Å². The highest BCUT2D eigenvalue weighted by molar-refractivity contribution is 5.78. The lowest BCUT2D eigenvalue weighted by atomic mass is 9.74. The molecule has 154 valence electrons. The Labute approximate surface area is 172 Å². The third-order valence-corrected chi connectivity index (χ3v) is 5.94. The minimum Gasteiger partial charge on any atom is -0.394 e. The van der Waals surface area contributed by atoms with Gasteiger partial charge in [-0.15, -0.1) is 0 Å². The Morgan fingerprint density at radius 3 is 2.10 bits per heavy atom. The van der Waals surface area contributed by atoms with Crippen LogP contribution in [0.4, 0.5) is 0 Å². The molecule has 3 atom stereocenters. The van der Waals surface area contributed by atoms with Gasteiger partial charge >= 0.3 is 0 Å². The Balaban J connectivity index is 1.87. The van der Waals surface area contributed by atoms with Gasteiger partial charge in [-0.25, -0.2) is 0 Å². The smallest absolute Gasteiger partial charge is 0.222 e. The maximum absolute atomic E-state index is 12.3. The van der Waals surface area contributed by atoms with E-state index in [-0.39, 0.29) is 36.4 Å². The number of nitrogens with zero attached hydrogens (tertiary/aromatic N) is 2. The zero-order valence-electron chi connectivity index (χ0n) is 17.4. The van der Waals surface area contributed by atoms with Crippen LogP contribution in [0.1, 0.15) is 38.7 Å². The summed E-state index contributed by atoms with van der Waals surface area (Å²) in [6, 6.07) is 18.1. The van der Waals surface area contributed by atoms with Gasteiger partial charge in [0, 0.05) is 32.4 Å². The van der Waals surface area contributed by atoms with Gasteiger partial charge in [0.25, 0.3) is 0 Å². The number of rotatable bonds is 7. The highest BCUT2D eigenvalue weighted by Crippen LogP contribution is 2.41. The molecule has 1 fully saturated rings. The van der Waals surface area contributed by atoms with Crippen LogP contribution in [0.5, 0.6) is 0 Å². The van der Waals surface area contributed by atoms with Crippen LogP contribution in [0.3, 0.4) is 0 Å². The normalized spacial score (nSPS) is 20.8. The maximum atomic E-state index is 12.3. The van der Waals surface area contributed by atoms with E-state index in [4.69, 9.17) is 0 Å². The molecule has 1 heterocycles. The van der Waals surface area contributed by atoms with E-state index in [0.29, 0.717) is 19.5 Å². The van der Waals surface area contributed by atoms with Crippen molar-refractivity contribution in [1.29, 1.82) is 0 Å². The van der Waals surface area contributed by atoms with E-state index in [1.54, 1.807) is 9.80 Å². The van der Waals surface area contributed by atoms with E-state index in [1.165, 1.54) is 6.92 Å². The second-order valence-electron chi connectivity index (χ2n) is 7.54. The fraction of sp³-hybridized carbons (Fsp3) is 0.417. The van der Waals surface area contributed by atoms with Crippen molar-refractivity contribution in [3.05, 3.63) is 60.2 Å². The van der Waals surface area contributed by atoms with Crippen LogP contribution in [0, 0.1) is 0 Å². The van der Waals surface area contributed by atoms with Gasteiger partial charge in [0.2, 0.25) is 11.8 Å². The van der Waals surface area contributed by atoms with Crippen LogP contribution in [-0.4, -0.2) is 58.5 Å². The van der Waals surface area contributed by atoms with E-state index < -0.39 is 0 Å². The molecule has 0 radical (unpaired) electrons. The minimum atomic E-state index is -0.254. The number of carbonyl (C=O) groups is 2. The lowest BCUT2D eigenvalue weighted by Crippen LogP contribution is -2.68. The lowest BCUT2D eigenvalue weighted by molar-refractivity contribution is -0.152. The highest BCUT2D eigenvalue weighted by atomic mass is 16.3. The lowest BCUT2D eigenvalue weighted by Gasteiger charge is -2.55. The molecule has 1 N–H and O–H groups in total. The summed E-state index contributed by atoms with van der Waals surface area (Å²) in [5.41, 5.74) is 3.37. The quantitative estimate of drug-likeness (QED) is 0.784. The topological polar surface area (TPSA) is 60.9 Å². The van der Waals surface area contributed by atoms with Crippen molar-refractivity contribution in [2.75, 3.05) is 19.7 Å². The van der Waals surface area contributed by atoms with Crippen molar-refractivity contribution in [2.24, 2.45) is 0 Å². The summed E-state index contributed by atoms with van der Waals surface area (Å²) < 4.78 is 0. The monoisotopic (exact) mass is 394 g/mol. The number of aliphatic hydroxyl groups is 1. The molecule has 1 aliphatic rings. The number of likely N-dealkylation sites (N-methyl/N-ethyl adjacent to an activating group) is 1. The Hall–Kier alpha value is -2.66. The molecule has 5 heteroatoms. The summed E-state index contributed by atoms with van der Waals surface area (Å²) in [5, 5.41) is 9.96. The summed E-state index contributed by atoms with van der Waals surface area (Å²) in [7, 11) is 0. The SMILES string of the molecule is CCC(=O)N(CC)C[C@H]1[C@H](c2ccc(-c3ccccc3)cc2)[C@@H](CO)N1C(C)=O. The van der Waals surface area contributed by atoms with Crippen molar-refractivity contribution < 1.29 is 14.7 Å². The fourth-order valence-electron chi connectivity index (χ4n) is 4.45. The minimum absolute atomic E-state index is 0.00688. The zero-order valence-corrected chi connectivity index (χ0v) is 17.4. The number of benzene rings is 2. The molecule has 0 bridgehead atoms. The van der Waals surface area contributed by atoms with Gasteiger partial charge in [0.1, 0.15) is 0 Å². The first-order chi connectivity index (χ1) is 14.0. The van der Waals surface area contributed by atoms with Crippen molar-refractivity contribution >= 4 is 11.8 Å². The van der Waals surface area contributed by atoms with Gasteiger partial charge in [-0.1, -0.05) is 61.5 Å². The second kappa shape index (κ2) is 9.23. The third kappa shape index (κ3) is 4.20. The zero-order chi connectivity index (χ0) is 21.0. The van der Waals surface area contributed by atoms with Crippen molar-refractivity contribution in [1.82, 2.24) is 9.80 Å². The molecule has 2 amide bonds. The van der Waals surface area contributed by atoms with E-state index >= 15 is 0 Å². The number of hydrogen-bond acceptors (Lipinski definition) is 3. The van der Waals surface area contributed by atoms with Crippen LogP contribution in [-0.2, 0) is 9.59 Å². The number of carbonyl (C=O) groups excluding carboxylic acids is 2. The average Bonchev–Trinajstić information content (AvgIpc) is 2.73. The van der Waals surface area contributed by atoms with Crippen LogP contribution in [0.25, 0.3) is 11.1 Å². The van der Waals surface area contributed by atoms with Crippen molar-refractivity contribution in [3.8, 4) is 11.1 Å². The molecule has 0 unspecified atom stereocenters. The Morgan fingerprint density at radius 1 is 0.966 bits per heavy atom. The fourth-order valence-corrected chi connectivity index (χ4v) is 4.45. The van der Waals surface area contributed by atoms with Gasteiger partial charge in [-0.05, 0) is 23.6 Å². The van der Waals surface area contributed by atoms with Crippen molar-refractivity contribution in [2.45, 2.75) is 45.2 Å². The Kier molecular flexibility index (Phi) is 6.70. The Bertz CT molecular complexity index is 835. The first-order valence-electron chi connectivity index (χ1n) is 10.3. The first-order valence-corrected chi connectivity index (χ1v) is 10.3. The molecule has 1 aliphatic heterocycles.